The molecule has 0 radical (unpaired) electrons. The molecule has 1 aromatic heterocycles. The number of hydrogen-bond donors (Lipinski definition) is 0. The summed E-state index contributed by atoms with van der Waals surface area (Å²) in [4.78, 5) is 6.61. The largest absolute Gasteiger partial charge is 0.338 e. The molecule has 1 heterocycles. The molecule has 1 aliphatic carbocycles. The molecule has 0 bridgehead atoms. The van der Waals surface area contributed by atoms with Crippen molar-refractivity contribution in [2.75, 3.05) is 7.05 Å². The van der Waals surface area contributed by atoms with Crippen LogP contribution in [0, 0.1) is 11.7 Å². The molecular weight excluding hydrogens is 257 g/mol. The first kappa shape index (κ1) is 13.2. The van der Waals surface area contributed by atoms with E-state index in [0.717, 1.165) is 11.5 Å². The lowest BCUT2D eigenvalue weighted by molar-refractivity contribution is 0.197. The van der Waals surface area contributed by atoms with Gasteiger partial charge in [-0.25, -0.2) is 4.39 Å². The zero-order chi connectivity index (χ0) is 14.1. The molecular formula is C15H18FN3O. The summed E-state index contributed by atoms with van der Waals surface area (Å²) in [6.45, 7) is 2.88. The van der Waals surface area contributed by atoms with E-state index in [9.17, 15) is 4.39 Å². The van der Waals surface area contributed by atoms with Crippen molar-refractivity contribution in [1.82, 2.24) is 15.0 Å². The number of aromatic nitrogens is 2. The van der Waals surface area contributed by atoms with Gasteiger partial charge in [-0.15, -0.1) is 0 Å². The highest BCUT2D eigenvalue weighted by atomic mass is 19.1. The van der Waals surface area contributed by atoms with E-state index >= 15 is 0 Å². The fourth-order valence-corrected chi connectivity index (χ4v) is 2.33. The summed E-state index contributed by atoms with van der Waals surface area (Å²) in [7, 11) is 2.07. The molecule has 0 saturated heterocycles. The molecule has 3 rings (SSSR count). The maximum absolute atomic E-state index is 12.9. The smallest absolute Gasteiger partial charge is 0.241 e. The van der Waals surface area contributed by atoms with E-state index in [1.165, 1.54) is 25.0 Å². The van der Waals surface area contributed by atoms with Gasteiger partial charge in [0.05, 0.1) is 6.54 Å². The molecule has 5 heteroatoms. The standard InChI is InChI=1S/C15H18FN3O/c1-10(11-3-4-11)19(2)9-14-17-15(18-20-14)12-5-7-13(16)8-6-12/h5-8,10-11H,3-4,9H2,1-2H3. The Kier molecular flexibility index (Phi) is 3.53. The molecule has 20 heavy (non-hydrogen) atoms. The second-order valence-corrected chi connectivity index (χ2v) is 5.51. The Balaban J connectivity index is 1.68. The number of halogens is 1. The monoisotopic (exact) mass is 275 g/mol. The van der Waals surface area contributed by atoms with Gasteiger partial charge >= 0.3 is 0 Å². The minimum atomic E-state index is -0.268. The molecule has 1 fully saturated rings. The van der Waals surface area contributed by atoms with Crippen molar-refractivity contribution in [2.45, 2.75) is 32.4 Å². The SMILES string of the molecule is CC(C1CC1)N(C)Cc1nc(-c2ccc(F)cc2)no1. The predicted molar refractivity (Wildman–Crippen MR) is 73.3 cm³/mol. The van der Waals surface area contributed by atoms with Crippen LogP contribution in [0.5, 0.6) is 0 Å². The molecule has 1 aliphatic rings. The van der Waals surface area contributed by atoms with Crippen molar-refractivity contribution in [3.05, 3.63) is 36.0 Å². The van der Waals surface area contributed by atoms with Crippen LogP contribution in [-0.2, 0) is 6.54 Å². The van der Waals surface area contributed by atoms with Gasteiger partial charge in [0, 0.05) is 11.6 Å². The van der Waals surface area contributed by atoms with Gasteiger partial charge in [-0.2, -0.15) is 4.98 Å². The van der Waals surface area contributed by atoms with Crippen molar-refractivity contribution >= 4 is 0 Å². The van der Waals surface area contributed by atoms with Gasteiger partial charge in [-0.05, 0) is 57.0 Å². The molecule has 106 valence electrons. The summed E-state index contributed by atoms with van der Waals surface area (Å²) >= 11 is 0. The number of rotatable bonds is 5. The quantitative estimate of drug-likeness (QED) is 0.841. The third kappa shape index (κ3) is 2.88. The van der Waals surface area contributed by atoms with E-state index in [4.69, 9.17) is 4.52 Å². The minimum Gasteiger partial charge on any atom is -0.338 e. The van der Waals surface area contributed by atoms with Gasteiger partial charge in [0.25, 0.3) is 0 Å². The Labute approximate surface area is 117 Å². The first-order chi connectivity index (χ1) is 9.63. The van der Waals surface area contributed by atoms with E-state index in [2.05, 4.69) is 29.0 Å². The van der Waals surface area contributed by atoms with E-state index in [1.54, 1.807) is 12.1 Å². The van der Waals surface area contributed by atoms with Crippen LogP contribution in [0.1, 0.15) is 25.7 Å². The minimum absolute atomic E-state index is 0.268. The Morgan fingerprint density at radius 1 is 1.35 bits per heavy atom. The lowest BCUT2D eigenvalue weighted by Crippen LogP contribution is -2.30. The second-order valence-electron chi connectivity index (χ2n) is 5.51. The van der Waals surface area contributed by atoms with Gasteiger partial charge in [0.1, 0.15) is 5.82 Å². The van der Waals surface area contributed by atoms with Crippen LogP contribution >= 0.6 is 0 Å². The highest BCUT2D eigenvalue weighted by Crippen LogP contribution is 2.35. The van der Waals surface area contributed by atoms with Gasteiger partial charge in [-0.1, -0.05) is 5.16 Å². The molecule has 2 aromatic rings. The Hall–Kier alpha value is -1.75. The zero-order valence-corrected chi connectivity index (χ0v) is 11.7. The van der Waals surface area contributed by atoms with Crippen molar-refractivity contribution in [3.63, 3.8) is 0 Å². The summed E-state index contributed by atoms with van der Waals surface area (Å²) in [6.07, 6.45) is 2.63. The number of hydrogen-bond acceptors (Lipinski definition) is 4. The summed E-state index contributed by atoms with van der Waals surface area (Å²) in [5.74, 6) is 1.64. The maximum atomic E-state index is 12.9. The number of benzene rings is 1. The normalized spacial score (nSPS) is 16.6. The average molecular weight is 275 g/mol. The van der Waals surface area contributed by atoms with Crippen molar-refractivity contribution in [3.8, 4) is 11.4 Å². The third-order valence-electron chi connectivity index (χ3n) is 3.95. The predicted octanol–water partition coefficient (Wildman–Crippen LogP) is 3.11. The van der Waals surface area contributed by atoms with Crippen molar-refractivity contribution in [1.29, 1.82) is 0 Å². The molecule has 1 aromatic carbocycles. The van der Waals surface area contributed by atoms with Crippen LogP contribution in [0.25, 0.3) is 11.4 Å². The van der Waals surface area contributed by atoms with Crippen LogP contribution in [-0.4, -0.2) is 28.1 Å². The lowest BCUT2D eigenvalue weighted by Gasteiger charge is -2.22. The Bertz CT molecular complexity index is 577. The summed E-state index contributed by atoms with van der Waals surface area (Å²) in [5, 5.41) is 3.95. The average Bonchev–Trinajstić information content (AvgIpc) is 3.19. The van der Waals surface area contributed by atoms with Crippen LogP contribution in [0.3, 0.4) is 0 Å². The van der Waals surface area contributed by atoms with Crippen molar-refractivity contribution in [2.24, 2.45) is 5.92 Å². The van der Waals surface area contributed by atoms with Gasteiger partial charge in [0.15, 0.2) is 0 Å². The Morgan fingerprint density at radius 3 is 2.70 bits per heavy atom. The molecule has 0 amide bonds. The van der Waals surface area contributed by atoms with E-state index in [0.29, 0.717) is 24.3 Å². The molecule has 4 nitrogen and oxygen atoms in total. The molecule has 0 spiro atoms. The molecule has 0 aliphatic heterocycles. The first-order valence-electron chi connectivity index (χ1n) is 6.92. The second kappa shape index (κ2) is 5.32. The summed E-state index contributed by atoms with van der Waals surface area (Å²) in [6, 6.07) is 6.64. The topological polar surface area (TPSA) is 42.2 Å². The van der Waals surface area contributed by atoms with E-state index in [1.807, 2.05) is 0 Å². The molecule has 1 unspecified atom stereocenters. The van der Waals surface area contributed by atoms with Crippen LogP contribution in [0.4, 0.5) is 4.39 Å². The van der Waals surface area contributed by atoms with Crippen LogP contribution in [0.2, 0.25) is 0 Å². The maximum Gasteiger partial charge on any atom is 0.241 e. The first-order valence-corrected chi connectivity index (χ1v) is 6.92. The lowest BCUT2D eigenvalue weighted by atomic mass is 10.2. The summed E-state index contributed by atoms with van der Waals surface area (Å²) in [5.41, 5.74) is 0.763. The molecule has 0 N–H and O–H groups in total. The van der Waals surface area contributed by atoms with Crippen LogP contribution in [0.15, 0.2) is 28.8 Å². The number of nitrogens with zero attached hydrogens (tertiary/aromatic N) is 3. The fourth-order valence-electron chi connectivity index (χ4n) is 2.33. The van der Waals surface area contributed by atoms with E-state index < -0.39 is 0 Å². The zero-order valence-electron chi connectivity index (χ0n) is 11.7. The third-order valence-corrected chi connectivity index (χ3v) is 3.95. The van der Waals surface area contributed by atoms with Gasteiger partial charge < -0.3 is 4.52 Å². The molecule has 1 atom stereocenters. The highest BCUT2D eigenvalue weighted by molar-refractivity contribution is 5.53. The Morgan fingerprint density at radius 2 is 2.05 bits per heavy atom. The van der Waals surface area contributed by atoms with Gasteiger partial charge in [-0.3, -0.25) is 4.90 Å². The van der Waals surface area contributed by atoms with Crippen LogP contribution < -0.4 is 0 Å². The summed E-state index contributed by atoms with van der Waals surface area (Å²) < 4.78 is 18.2. The highest BCUT2D eigenvalue weighted by Gasteiger charge is 2.30. The molecule has 1 saturated carbocycles. The van der Waals surface area contributed by atoms with E-state index in [-0.39, 0.29) is 5.82 Å². The van der Waals surface area contributed by atoms with Crippen molar-refractivity contribution < 1.29 is 8.91 Å². The fraction of sp³-hybridized carbons (Fsp3) is 0.467. The van der Waals surface area contributed by atoms with Gasteiger partial charge in [0.2, 0.25) is 11.7 Å².